The van der Waals surface area contributed by atoms with Crippen LogP contribution in [-0.4, -0.2) is 42.6 Å². The quantitative estimate of drug-likeness (QED) is 0.610. The second-order valence-corrected chi connectivity index (χ2v) is 8.80. The average molecular weight is 432 g/mol. The molecule has 0 fully saturated rings. The minimum Gasteiger partial charge on any atom is -0.494 e. The summed E-state index contributed by atoms with van der Waals surface area (Å²) < 4.78 is 44.1. The number of ether oxygens (including phenoxy) is 1. The van der Waals surface area contributed by atoms with Gasteiger partial charge in [0.2, 0.25) is 0 Å². The molecule has 0 bridgehead atoms. The predicted molar refractivity (Wildman–Crippen MR) is 110 cm³/mol. The van der Waals surface area contributed by atoms with Crippen LogP contribution in [0.3, 0.4) is 0 Å². The van der Waals surface area contributed by atoms with Crippen molar-refractivity contribution in [3.63, 3.8) is 0 Å². The van der Waals surface area contributed by atoms with Crippen molar-refractivity contribution in [1.82, 2.24) is 9.78 Å². The highest BCUT2D eigenvalue weighted by molar-refractivity contribution is 7.90. The third kappa shape index (κ3) is 4.20. The number of hydrogen-bond donors (Lipinski definition) is 1. The molecule has 3 aromatic rings. The van der Waals surface area contributed by atoms with E-state index in [-0.39, 0.29) is 10.6 Å². The first kappa shape index (κ1) is 21.5. The van der Waals surface area contributed by atoms with Gasteiger partial charge in [-0.15, -0.1) is 0 Å². The van der Waals surface area contributed by atoms with E-state index in [1.165, 1.54) is 36.1 Å². The van der Waals surface area contributed by atoms with Crippen LogP contribution in [0.15, 0.2) is 53.6 Å². The zero-order valence-corrected chi connectivity index (χ0v) is 17.5. The van der Waals surface area contributed by atoms with E-state index in [2.05, 4.69) is 5.10 Å². The molecule has 0 aliphatic rings. The highest BCUT2D eigenvalue weighted by Crippen LogP contribution is 2.34. The van der Waals surface area contributed by atoms with Gasteiger partial charge in [-0.05, 0) is 36.2 Å². The number of benzene rings is 2. The van der Waals surface area contributed by atoms with Gasteiger partial charge in [-0.3, -0.25) is 4.68 Å². The van der Waals surface area contributed by atoms with Crippen molar-refractivity contribution in [3.05, 3.63) is 54.5 Å². The minimum atomic E-state index is -3.37. The van der Waals surface area contributed by atoms with Crippen molar-refractivity contribution in [2.45, 2.75) is 24.3 Å². The Morgan fingerprint density at radius 3 is 2.33 bits per heavy atom. The summed E-state index contributed by atoms with van der Waals surface area (Å²) >= 11 is 0. The van der Waals surface area contributed by atoms with E-state index in [1.807, 2.05) is 0 Å². The summed E-state index contributed by atoms with van der Waals surface area (Å²) in [7, 11) is -2.00. The highest BCUT2D eigenvalue weighted by Gasteiger charge is 2.23. The van der Waals surface area contributed by atoms with Gasteiger partial charge in [0.25, 0.3) is 0 Å². The van der Waals surface area contributed by atoms with Crippen LogP contribution in [0, 0.1) is 5.82 Å². The summed E-state index contributed by atoms with van der Waals surface area (Å²) in [5.41, 5.74) is 2.00. The fourth-order valence-corrected chi connectivity index (χ4v) is 3.77. The molecule has 2 aromatic carbocycles. The van der Waals surface area contributed by atoms with E-state index in [0.29, 0.717) is 28.8 Å². The fraction of sp³-hybridized carbons (Fsp3) is 0.238. The minimum absolute atomic E-state index is 0.0853. The molecule has 0 aliphatic carbocycles. The predicted octanol–water partition coefficient (Wildman–Crippen LogP) is 3.80. The monoisotopic (exact) mass is 432 g/mol. The van der Waals surface area contributed by atoms with Crippen molar-refractivity contribution in [3.8, 4) is 28.1 Å². The lowest BCUT2D eigenvalue weighted by Gasteiger charge is -2.09. The SMILES string of the molecule is CCC(C(=O)O)n1cc(-c2ccc(OC)c(F)c2)c(-c2ccc(S(C)(=O)=O)cc2)n1. The van der Waals surface area contributed by atoms with E-state index < -0.39 is 27.7 Å². The topological polar surface area (TPSA) is 98.5 Å². The number of sulfone groups is 1. The van der Waals surface area contributed by atoms with E-state index in [0.717, 1.165) is 6.26 Å². The number of aromatic nitrogens is 2. The van der Waals surface area contributed by atoms with Gasteiger partial charge in [-0.25, -0.2) is 17.6 Å². The van der Waals surface area contributed by atoms with E-state index in [1.54, 1.807) is 31.3 Å². The van der Waals surface area contributed by atoms with Crippen LogP contribution in [0.4, 0.5) is 4.39 Å². The molecule has 158 valence electrons. The van der Waals surface area contributed by atoms with Crippen LogP contribution in [0.2, 0.25) is 0 Å². The van der Waals surface area contributed by atoms with Gasteiger partial charge in [0.1, 0.15) is 11.7 Å². The van der Waals surface area contributed by atoms with Crippen molar-refractivity contribution in [2.75, 3.05) is 13.4 Å². The lowest BCUT2D eigenvalue weighted by Crippen LogP contribution is -2.18. The van der Waals surface area contributed by atoms with Crippen LogP contribution < -0.4 is 4.74 Å². The Morgan fingerprint density at radius 1 is 1.20 bits per heavy atom. The maximum absolute atomic E-state index is 14.3. The molecular formula is C21H21FN2O5S. The maximum atomic E-state index is 14.3. The van der Waals surface area contributed by atoms with Crippen LogP contribution in [0.1, 0.15) is 19.4 Å². The summed E-state index contributed by atoms with van der Waals surface area (Å²) in [6, 6.07) is 9.62. The van der Waals surface area contributed by atoms with E-state index in [4.69, 9.17) is 4.74 Å². The molecule has 0 saturated carbocycles. The Hall–Kier alpha value is -3.20. The Bertz CT molecular complexity index is 1190. The Labute approximate surface area is 173 Å². The third-order valence-electron chi connectivity index (χ3n) is 4.74. The number of halogens is 1. The summed E-state index contributed by atoms with van der Waals surface area (Å²) in [6.45, 7) is 1.73. The first-order valence-corrected chi connectivity index (χ1v) is 11.0. The Morgan fingerprint density at radius 2 is 1.83 bits per heavy atom. The lowest BCUT2D eigenvalue weighted by molar-refractivity contribution is -0.141. The maximum Gasteiger partial charge on any atom is 0.328 e. The molecule has 1 unspecified atom stereocenters. The zero-order chi connectivity index (χ0) is 22.1. The second kappa shape index (κ2) is 8.27. The highest BCUT2D eigenvalue weighted by atomic mass is 32.2. The standard InChI is InChI=1S/C21H21FN2O5S/c1-4-18(21(25)26)24-12-16(14-7-10-19(29-2)17(22)11-14)20(23-24)13-5-8-15(9-6-13)30(3,27)28/h5-12,18H,4H2,1-3H3,(H,25,26). The van der Waals surface area contributed by atoms with Gasteiger partial charge in [0.15, 0.2) is 21.4 Å². The normalized spacial score (nSPS) is 12.5. The van der Waals surface area contributed by atoms with Gasteiger partial charge in [0.05, 0.1) is 12.0 Å². The number of rotatable bonds is 7. The van der Waals surface area contributed by atoms with Gasteiger partial charge in [-0.2, -0.15) is 5.10 Å². The van der Waals surface area contributed by atoms with Gasteiger partial charge in [-0.1, -0.05) is 25.1 Å². The van der Waals surface area contributed by atoms with E-state index >= 15 is 0 Å². The summed E-state index contributed by atoms with van der Waals surface area (Å²) in [5, 5.41) is 13.9. The smallest absolute Gasteiger partial charge is 0.328 e. The number of carbonyl (C=O) groups is 1. The van der Waals surface area contributed by atoms with Crippen molar-refractivity contribution >= 4 is 15.8 Å². The van der Waals surface area contributed by atoms with Gasteiger partial charge >= 0.3 is 5.97 Å². The van der Waals surface area contributed by atoms with Crippen LogP contribution in [-0.2, 0) is 14.6 Å². The molecule has 30 heavy (non-hydrogen) atoms. The molecule has 9 heteroatoms. The first-order valence-electron chi connectivity index (χ1n) is 9.12. The molecule has 1 aromatic heterocycles. The molecule has 0 radical (unpaired) electrons. The van der Waals surface area contributed by atoms with Crippen molar-refractivity contribution in [1.29, 1.82) is 0 Å². The molecule has 1 heterocycles. The first-order chi connectivity index (χ1) is 14.2. The number of aliphatic carboxylic acids is 1. The zero-order valence-electron chi connectivity index (χ0n) is 16.7. The molecule has 1 N–H and O–H groups in total. The van der Waals surface area contributed by atoms with Crippen LogP contribution in [0.25, 0.3) is 22.4 Å². The number of carboxylic acid groups (broad SMARTS) is 1. The van der Waals surface area contributed by atoms with Gasteiger partial charge < -0.3 is 9.84 Å². The number of carboxylic acids is 1. The fourth-order valence-electron chi connectivity index (χ4n) is 3.14. The molecule has 0 saturated heterocycles. The third-order valence-corrected chi connectivity index (χ3v) is 5.87. The van der Waals surface area contributed by atoms with Gasteiger partial charge in [0, 0.05) is 23.6 Å². The molecule has 7 nitrogen and oxygen atoms in total. The average Bonchev–Trinajstić information content (AvgIpc) is 3.12. The largest absolute Gasteiger partial charge is 0.494 e. The Balaban J connectivity index is 2.19. The van der Waals surface area contributed by atoms with Crippen LogP contribution >= 0.6 is 0 Å². The summed E-state index contributed by atoms with van der Waals surface area (Å²) in [4.78, 5) is 11.8. The van der Waals surface area contributed by atoms with Crippen molar-refractivity contribution in [2.24, 2.45) is 0 Å². The lowest BCUT2D eigenvalue weighted by atomic mass is 10.0. The number of hydrogen-bond acceptors (Lipinski definition) is 5. The van der Waals surface area contributed by atoms with Crippen LogP contribution in [0.5, 0.6) is 5.75 Å². The van der Waals surface area contributed by atoms with Crippen molar-refractivity contribution < 1.29 is 27.4 Å². The molecule has 0 aliphatic heterocycles. The summed E-state index contributed by atoms with van der Waals surface area (Å²) in [6.07, 6.45) is 2.98. The molecule has 1 atom stereocenters. The number of nitrogens with zero attached hydrogens (tertiary/aromatic N) is 2. The van der Waals surface area contributed by atoms with E-state index in [9.17, 15) is 22.7 Å². The Kier molecular flexibility index (Phi) is 5.93. The molecule has 0 spiro atoms. The number of methoxy groups -OCH3 is 1. The summed E-state index contributed by atoms with van der Waals surface area (Å²) in [5.74, 6) is -1.51. The second-order valence-electron chi connectivity index (χ2n) is 6.78. The molecular weight excluding hydrogens is 411 g/mol. The molecule has 0 amide bonds. The molecule has 3 rings (SSSR count).